The second-order valence-corrected chi connectivity index (χ2v) is 7.19. The molecule has 0 spiro atoms. The average molecular weight is 376 g/mol. The zero-order valence-electron chi connectivity index (χ0n) is 16.6. The summed E-state index contributed by atoms with van der Waals surface area (Å²) in [5, 5.41) is 0. The third-order valence-electron chi connectivity index (χ3n) is 5.13. The molecule has 3 heterocycles. The van der Waals surface area contributed by atoms with Gasteiger partial charge < -0.3 is 9.80 Å². The first-order chi connectivity index (χ1) is 13.5. The zero-order valence-corrected chi connectivity index (χ0v) is 16.6. The second-order valence-electron chi connectivity index (χ2n) is 7.19. The van der Waals surface area contributed by atoms with E-state index in [0.717, 1.165) is 29.3 Å². The van der Waals surface area contributed by atoms with Crippen molar-refractivity contribution in [3.63, 3.8) is 0 Å². The maximum atomic E-state index is 12.8. The summed E-state index contributed by atoms with van der Waals surface area (Å²) in [4.78, 5) is 30.5. The first-order valence-corrected chi connectivity index (χ1v) is 9.55. The molecule has 1 amide bonds. The van der Waals surface area contributed by atoms with Crippen LogP contribution in [0, 0.1) is 0 Å². The SMILES string of the molecule is CCC1C(=O)N(C)c2cnc(-n3ccnc3-c3ccccc3)nc2N1C(C)C. The Labute approximate surface area is 164 Å². The Bertz CT molecular complexity index is 997. The van der Waals surface area contributed by atoms with Crippen LogP contribution in [0.25, 0.3) is 17.3 Å². The quantitative estimate of drug-likeness (QED) is 0.699. The van der Waals surface area contributed by atoms with Crippen LogP contribution < -0.4 is 9.80 Å². The maximum absolute atomic E-state index is 12.8. The first kappa shape index (κ1) is 18.2. The van der Waals surface area contributed by atoms with Gasteiger partial charge in [0.25, 0.3) is 0 Å². The van der Waals surface area contributed by atoms with E-state index in [2.05, 4.69) is 28.7 Å². The highest BCUT2D eigenvalue weighted by atomic mass is 16.2. The number of fused-ring (bicyclic) bond motifs is 1. The van der Waals surface area contributed by atoms with Gasteiger partial charge in [-0.1, -0.05) is 37.3 Å². The molecule has 2 aromatic heterocycles. The molecule has 1 unspecified atom stereocenters. The number of anilines is 2. The van der Waals surface area contributed by atoms with Crippen molar-refractivity contribution in [3.8, 4) is 17.3 Å². The number of imidazole rings is 1. The van der Waals surface area contributed by atoms with Gasteiger partial charge in [0, 0.05) is 31.0 Å². The van der Waals surface area contributed by atoms with Crippen LogP contribution in [0.3, 0.4) is 0 Å². The maximum Gasteiger partial charge on any atom is 0.249 e. The van der Waals surface area contributed by atoms with Crippen LogP contribution in [-0.2, 0) is 4.79 Å². The van der Waals surface area contributed by atoms with E-state index in [0.29, 0.717) is 5.95 Å². The highest BCUT2D eigenvalue weighted by Crippen LogP contribution is 2.36. The largest absolute Gasteiger partial charge is 0.340 e. The van der Waals surface area contributed by atoms with Gasteiger partial charge in [0.2, 0.25) is 11.9 Å². The lowest BCUT2D eigenvalue weighted by Gasteiger charge is -2.42. The topological polar surface area (TPSA) is 67.2 Å². The molecule has 7 heteroatoms. The molecular weight excluding hydrogens is 352 g/mol. The lowest BCUT2D eigenvalue weighted by Crippen LogP contribution is -2.55. The number of carbonyl (C=O) groups is 1. The van der Waals surface area contributed by atoms with Gasteiger partial charge in [0.05, 0.1) is 6.20 Å². The molecule has 0 N–H and O–H groups in total. The van der Waals surface area contributed by atoms with Gasteiger partial charge in [0.15, 0.2) is 5.82 Å². The molecule has 4 rings (SSSR count). The molecule has 1 aliphatic heterocycles. The number of hydrogen-bond acceptors (Lipinski definition) is 5. The molecule has 144 valence electrons. The Balaban J connectivity index is 1.85. The minimum absolute atomic E-state index is 0.0765. The number of benzene rings is 1. The molecule has 7 nitrogen and oxygen atoms in total. The third-order valence-corrected chi connectivity index (χ3v) is 5.13. The van der Waals surface area contributed by atoms with E-state index in [1.165, 1.54) is 0 Å². The zero-order chi connectivity index (χ0) is 19.8. The van der Waals surface area contributed by atoms with Crippen LogP contribution in [0.4, 0.5) is 11.5 Å². The van der Waals surface area contributed by atoms with E-state index in [1.54, 1.807) is 24.3 Å². The van der Waals surface area contributed by atoms with Crippen molar-refractivity contribution in [2.45, 2.75) is 39.3 Å². The van der Waals surface area contributed by atoms with Gasteiger partial charge in [-0.05, 0) is 20.3 Å². The van der Waals surface area contributed by atoms with E-state index in [4.69, 9.17) is 4.98 Å². The Morgan fingerprint density at radius 2 is 1.89 bits per heavy atom. The van der Waals surface area contributed by atoms with Gasteiger partial charge in [-0.15, -0.1) is 0 Å². The van der Waals surface area contributed by atoms with Crippen LogP contribution in [0.15, 0.2) is 48.9 Å². The van der Waals surface area contributed by atoms with Crippen LogP contribution >= 0.6 is 0 Å². The summed E-state index contributed by atoms with van der Waals surface area (Å²) in [5.41, 5.74) is 1.72. The summed E-state index contributed by atoms with van der Waals surface area (Å²) in [6, 6.07) is 9.88. The molecule has 28 heavy (non-hydrogen) atoms. The predicted octanol–water partition coefficient (Wildman–Crippen LogP) is 3.30. The molecular formula is C21H24N6O. The van der Waals surface area contributed by atoms with Crippen molar-refractivity contribution in [1.29, 1.82) is 0 Å². The van der Waals surface area contributed by atoms with Gasteiger partial charge in [-0.25, -0.2) is 9.97 Å². The fourth-order valence-corrected chi connectivity index (χ4v) is 3.75. The minimum atomic E-state index is -0.225. The van der Waals surface area contributed by atoms with Crippen molar-refractivity contribution in [2.75, 3.05) is 16.8 Å². The van der Waals surface area contributed by atoms with Crippen molar-refractivity contribution in [1.82, 2.24) is 19.5 Å². The monoisotopic (exact) mass is 376 g/mol. The molecule has 0 saturated carbocycles. The van der Waals surface area contributed by atoms with Gasteiger partial charge in [-0.2, -0.15) is 4.98 Å². The molecule has 3 aromatic rings. The van der Waals surface area contributed by atoms with E-state index in [-0.39, 0.29) is 18.0 Å². The van der Waals surface area contributed by atoms with Crippen LogP contribution in [0.5, 0.6) is 0 Å². The summed E-state index contributed by atoms with van der Waals surface area (Å²) in [5.74, 6) is 2.18. The summed E-state index contributed by atoms with van der Waals surface area (Å²) in [6.45, 7) is 6.20. The fourth-order valence-electron chi connectivity index (χ4n) is 3.75. The third kappa shape index (κ3) is 2.83. The number of nitrogens with zero attached hydrogens (tertiary/aromatic N) is 6. The van der Waals surface area contributed by atoms with Gasteiger partial charge in [0.1, 0.15) is 17.6 Å². The summed E-state index contributed by atoms with van der Waals surface area (Å²) in [6.07, 6.45) is 6.06. The van der Waals surface area contributed by atoms with Crippen molar-refractivity contribution >= 4 is 17.4 Å². The van der Waals surface area contributed by atoms with E-state index in [1.807, 2.05) is 48.0 Å². The first-order valence-electron chi connectivity index (χ1n) is 9.55. The van der Waals surface area contributed by atoms with Crippen LogP contribution in [0.1, 0.15) is 27.2 Å². The molecule has 0 saturated heterocycles. The van der Waals surface area contributed by atoms with E-state index in [9.17, 15) is 4.79 Å². The number of aromatic nitrogens is 4. The highest BCUT2D eigenvalue weighted by molar-refractivity contribution is 6.04. The molecule has 1 atom stereocenters. The summed E-state index contributed by atoms with van der Waals surface area (Å²) >= 11 is 0. The number of rotatable bonds is 4. The Kier molecular flexibility index (Phi) is 4.58. The number of amides is 1. The lowest BCUT2D eigenvalue weighted by atomic mass is 10.1. The summed E-state index contributed by atoms with van der Waals surface area (Å²) < 4.78 is 1.88. The Hall–Kier alpha value is -3.22. The smallest absolute Gasteiger partial charge is 0.249 e. The van der Waals surface area contributed by atoms with Crippen molar-refractivity contribution in [2.24, 2.45) is 0 Å². The summed E-state index contributed by atoms with van der Waals surface area (Å²) in [7, 11) is 1.79. The Morgan fingerprint density at radius 3 is 2.57 bits per heavy atom. The van der Waals surface area contributed by atoms with Crippen LogP contribution in [0.2, 0.25) is 0 Å². The second kappa shape index (κ2) is 7.07. The molecule has 0 bridgehead atoms. The molecule has 0 radical (unpaired) electrons. The minimum Gasteiger partial charge on any atom is -0.340 e. The van der Waals surface area contributed by atoms with Crippen molar-refractivity contribution < 1.29 is 4.79 Å². The van der Waals surface area contributed by atoms with Gasteiger partial charge >= 0.3 is 0 Å². The van der Waals surface area contributed by atoms with E-state index < -0.39 is 0 Å². The number of carbonyl (C=O) groups excluding carboxylic acids is 1. The van der Waals surface area contributed by atoms with Crippen molar-refractivity contribution in [3.05, 3.63) is 48.9 Å². The number of likely N-dealkylation sites (N-methyl/N-ethyl adjacent to an activating group) is 1. The van der Waals surface area contributed by atoms with Gasteiger partial charge in [-0.3, -0.25) is 9.36 Å². The average Bonchev–Trinajstić information content (AvgIpc) is 3.20. The van der Waals surface area contributed by atoms with Crippen LogP contribution in [-0.4, -0.2) is 44.6 Å². The van der Waals surface area contributed by atoms with E-state index >= 15 is 0 Å². The number of hydrogen-bond donors (Lipinski definition) is 0. The Morgan fingerprint density at radius 1 is 1.14 bits per heavy atom. The lowest BCUT2D eigenvalue weighted by molar-refractivity contribution is -0.120. The predicted molar refractivity (Wildman–Crippen MR) is 110 cm³/mol. The molecule has 1 aromatic carbocycles. The fraction of sp³-hybridized carbons (Fsp3) is 0.333. The molecule has 1 aliphatic rings. The molecule has 0 aliphatic carbocycles. The highest BCUT2D eigenvalue weighted by Gasteiger charge is 2.38. The standard InChI is InChI=1S/C21H24N6O/c1-5-16-20(28)25(4)17-13-23-21(24-19(17)27(16)14(2)3)26-12-11-22-18(26)15-9-7-6-8-10-15/h6-14,16H,5H2,1-4H3. The molecule has 0 fully saturated rings. The normalized spacial score (nSPS) is 16.6.